The fourth-order valence-electron chi connectivity index (χ4n) is 2.25. The average molecular weight is 304 g/mol. The first-order valence-electron chi connectivity index (χ1n) is 6.53. The van der Waals surface area contributed by atoms with Gasteiger partial charge in [-0.05, 0) is 18.9 Å². The van der Waals surface area contributed by atoms with Crippen molar-refractivity contribution in [3.05, 3.63) is 24.2 Å². The number of rotatable bonds is 3. The molecule has 1 aliphatic heterocycles. The van der Waals surface area contributed by atoms with Gasteiger partial charge in [-0.3, -0.25) is 9.59 Å². The summed E-state index contributed by atoms with van der Waals surface area (Å²) in [5.74, 6) is -2.41. The van der Waals surface area contributed by atoms with Crippen molar-refractivity contribution in [2.45, 2.75) is 25.6 Å². The van der Waals surface area contributed by atoms with Crippen LogP contribution in [-0.4, -0.2) is 36.0 Å². The summed E-state index contributed by atoms with van der Waals surface area (Å²) < 4.78 is 41.7. The van der Waals surface area contributed by atoms with Crippen LogP contribution in [0.2, 0.25) is 0 Å². The summed E-state index contributed by atoms with van der Waals surface area (Å²) in [6.07, 6.45) is -1.39. The fraction of sp³-hybridized carbons (Fsp3) is 0.538. The monoisotopic (exact) mass is 304 g/mol. The van der Waals surface area contributed by atoms with E-state index in [1.165, 1.54) is 12.5 Å². The van der Waals surface area contributed by atoms with Crippen molar-refractivity contribution in [1.29, 1.82) is 0 Å². The third kappa shape index (κ3) is 3.99. The number of carbonyl (C=O) groups is 2. The van der Waals surface area contributed by atoms with Crippen LogP contribution in [0.25, 0.3) is 0 Å². The predicted octanol–water partition coefficient (Wildman–Crippen LogP) is 1.70. The minimum absolute atomic E-state index is 0.0534. The van der Waals surface area contributed by atoms with Gasteiger partial charge < -0.3 is 14.6 Å². The van der Waals surface area contributed by atoms with E-state index in [0.717, 1.165) is 10.5 Å². The van der Waals surface area contributed by atoms with Crippen LogP contribution < -0.4 is 5.32 Å². The lowest BCUT2D eigenvalue weighted by Gasteiger charge is -2.31. The van der Waals surface area contributed by atoms with Gasteiger partial charge in [0.15, 0.2) is 0 Å². The molecule has 116 valence electrons. The number of furan rings is 1. The lowest BCUT2D eigenvalue weighted by atomic mass is 9.95. The Kier molecular flexibility index (Phi) is 4.54. The Morgan fingerprint density at radius 3 is 2.52 bits per heavy atom. The Bertz CT molecular complexity index is 491. The molecule has 0 aliphatic carbocycles. The summed E-state index contributed by atoms with van der Waals surface area (Å²) in [5, 5.41) is 2.70. The molecule has 1 saturated heterocycles. The number of likely N-dealkylation sites (tertiary alicyclic amines) is 1. The van der Waals surface area contributed by atoms with Gasteiger partial charge >= 0.3 is 12.1 Å². The van der Waals surface area contributed by atoms with E-state index in [-0.39, 0.29) is 37.8 Å². The molecule has 0 spiro atoms. The van der Waals surface area contributed by atoms with Gasteiger partial charge in [-0.15, -0.1) is 0 Å². The summed E-state index contributed by atoms with van der Waals surface area (Å²) in [6.45, 7) is 0.210. The number of halogens is 3. The molecule has 1 fully saturated rings. The van der Waals surface area contributed by atoms with Crippen LogP contribution in [-0.2, 0) is 16.1 Å². The number of hydrogen-bond donors (Lipinski definition) is 1. The summed E-state index contributed by atoms with van der Waals surface area (Å²) >= 11 is 0. The van der Waals surface area contributed by atoms with Crippen molar-refractivity contribution >= 4 is 11.8 Å². The van der Waals surface area contributed by atoms with Crippen LogP contribution in [0, 0.1) is 5.92 Å². The lowest BCUT2D eigenvalue weighted by Crippen LogP contribution is -2.47. The minimum atomic E-state index is -4.85. The van der Waals surface area contributed by atoms with E-state index in [4.69, 9.17) is 4.42 Å². The second kappa shape index (κ2) is 6.19. The van der Waals surface area contributed by atoms with Crippen LogP contribution in [0.1, 0.15) is 18.4 Å². The van der Waals surface area contributed by atoms with Gasteiger partial charge in [0.25, 0.3) is 0 Å². The summed E-state index contributed by atoms with van der Waals surface area (Å²) in [7, 11) is 0. The Morgan fingerprint density at radius 2 is 2.00 bits per heavy atom. The van der Waals surface area contributed by atoms with Crippen molar-refractivity contribution in [1.82, 2.24) is 10.2 Å². The summed E-state index contributed by atoms with van der Waals surface area (Å²) in [6, 6.07) is 1.71. The molecule has 8 heteroatoms. The molecule has 1 aliphatic rings. The van der Waals surface area contributed by atoms with Crippen molar-refractivity contribution in [2.75, 3.05) is 13.1 Å². The Labute approximate surface area is 119 Å². The van der Waals surface area contributed by atoms with Crippen molar-refractivity contribution < 1.29 is 27.2 Å². The van der Waals surface area contributed by atoms with E-state index in [1.54, 1.807) is 6.07 Å². The molecule has 5 nitrogen and oxygen atoms in total. The van der Waals surface area contributed by atoms with Gasteiger partial charge in [-0.25, -0.2) is 0 Å². The van der Waals surface area contributed by atoms with E-state index in [2.05, 4.69) is 5.32 Å². The van der Waals surface area contributed by atoms with Gasteiger partial charge in [-0.1, -0.05) is 0 Å². The molecular weight excluding hydrogens is 289 g/mol. The number of nitrogens with one attached hydrogen (secondary N) is 1. The highest BCUT2D eigenvalue weighted by atomic mass is 19.4. The molecule has 1 N–H and O–H groups in total. The highest BCUT2D eigenvalue weighted by Crippen LogP contribution is 2.24. The number of hydrogen-bond acceptors (Lipinski definition) is 3. The third-order valence-electron chi connectivity index (χ3n) is 3.44. The zero-order valence-electron chi connectivity index (χ0n) is 11.2. The summed E-state index contributed by atoms with van der Waals surface area (Å²) in [5.41, 5.74) is 0.813. The molecule has 0 bridgehead atoms. The Balaban J connectivity index is 1.78. The van der Waals surface area contributed by atoms with Crippen LogP contribution in [0.5, 0.6) is 0 Å². The molecular formula is C13H15F3N2O3. The molecule has 1 aromatic heterocycles. The largest absolute Gasteiger partial charge is 0.472 e. The van der Waals surface area contributed by atoms with E-state index in [9.17, 15) is 22.8 Å². The second-order valence-electron chi connectivity index (χ2n) is 4.91. The molecule has 1 aromatic rings. The van der Waals surface area contributed by atoms with Gasteiger partial charge in [-0.2, -0.15) is 13.2 Å². The van der Waals surface area contributed by atoms with Gasteiger partial charge in [0, 0.05) is 31.1 Å². The SMILES string of the molecule is O=C(NCc1ccoc1)C1CCN(C(=O)C(F)(F)F)CC1. The second-order valence-corrected chi connectivity index (χ2v) is 4.91. The zero-order valence-corrected chi connectivity index (χ0v) is 11.2. The van der Waals surface area contributed by atoms with E-state index >= 15 is 0 Å². The number of amides is 2. The number of carbonyl (C=O) groups excluding carboxylic acids is 2. The first-order chi connectivity index (χ1) is 9.88. The maximum Gasteiger partial charge on any atom is 0.471 e. The quantitative estimate of drug-likeness (QED) is 0.924. The van der Waals surface area contributed by atoms with Crippen LogP contribution in [0.3, 0.4) is 0 Å². The first kappa shape index (κ1) is 15.4. The number of nitrogens with zero attached hydrogens (tertiary/aromatic N) is 1. The predicted molar refractivity (Wildman–Crippen MR) is 65.9 cm³/mol. The Hall–Kier alpha value is -1.99. The number of piperidine rings is 1. The highest BCUT2D eigenvalue weighted by Gasteiger charge is 2.43. The number of alkyl halides is 3. The minimum Gasteiger partial charge on any atom is -0.472 e. The standard InChI is InChI=1S/C13H15F3N2O3/c14-13(15,16)12(20)18-4-1-10(2-5-18)11(19)17-7-9-3-6-21-8-9/h3,6,8,10H,1-2,4-5,7H2,(H,17,19). The average Bonchev–Trinajstić information content (AvgIpc) is 2.96. The molecule has 0 saturated carbocycles. The normalized spacial score (nSPS) is 16.8. The maximum absolute atomic E-state index is 12.3. The third-order valence-corrected chi connectivity index (χ3v) is 3.44. The van der Waals surface area contributed by atoms with Crippen LogP contribution in [0.4, 0.5) is 13.2 Å². The molecule has 21 heavy (non-hydrogen) atoms. The molecule has 0 atom stereocenters. The van der Waals surface area contributed by atoms with E-state index < -0.39 is 12.1 Å². The molecule has 0 unspecified atom stereocenters. The topological polar surface area (TPSA) is 62.6 Å². The molecule has 2 rings (SSSR count). The van der Waals surface area contributed by atoms with Crippen molar-refractivity contribution in [3.8, 4) is 0 Å². The Morgan fingerprint density at radius 1 is 1.33 bits per heavy atom. The highest BCUT2D eigenvalue weighted by molar-refractivity contribution is 5.83. The molecule has 2 amide bonds. The van der Waals surface area contributed by atoms with E-state index in [0.29, 0.717) is 6.54 Å². The van der Waals surface area contributed by atoms with Gasteiger partial charge in [0.1, 0.15) is 0 Å². The fourth-order valence-corrected chi connectivity index (χ4v) is 2.25. The van der Waals surface area contributed by atoms with Crippen LogP contribution >= 0.6 is 0 Å². The zero-order chi connectivity index (χ0) is 15.5. The van der Waals surface area contributed by atoms with Crippen LogP contribution in [0.15, 0.2) is 23.0 Å². The molecule has 2 heterocycles. The lowest BCUT2D eigenvalue weighted by molar-refractivity contribution is -0.186. The first-order valence-corrected chi connectivity index (χ1v) is 6.53. The molecule has 0 aromatic carbocycles. The van der Waals surface area contributed by atoms with E-state index in [1.807, 2.05) is 0 Å². The van der Waals surface area contributed by atoms with Crippen molar-refractivity contribution in [2.24, 2.45) is 5.92 Å². The smallest absolute Gasteiger partial charge is 0.471 e. The van der Waals surface area contributed by atoms with Gasteiger partial charge in [0.05, 0.1) is 12.5 Å². The molecule has 0 radical (unpaired) electrons. The van der Waals surface area contributed by atoms with Gasteiger partial charge in [0.2, 0.25) is 5.91 Å². The summed E-state index contributed by atoms with van der Waals surface area (Å²) in [4.78, 5) is 23.7. The van der Waals surface area contributed by atoms with Crippen molar-refractivity contribution in [3.63, 3.8) is 0 Å². The maximum atomic E-state index is 12.3.